The van der Waals surface area contributed by atoms with Crippen LogP contribution in [0.3, 0.4) is 0 Å². The third kappa shape index (κ3) is 5.32. The van der Waals surface area contributed by atoms with E-state index in [1.807, 2.05) is 36.4 Å². The van der Waals surface area contributed by atoms with Crippen LogP contribution in [0.15, 0.2) is 103 Å². The van der Waals surface area contributed by atoms with E-state index >= 15 is 0 Å². The molecule has 0 aromatic heterocycles. The topological polar surface area (TPSA) is 29.1 Å². The zero-order valence-corrected chi connectivity index (χ0v) is 22.0. The molecule has 0 saturated heterocycles. The predicted octanol–water partition coefficient (Wildman–Crippen LogP) is 7.90. The average molecular weight is 599 g/mol. The lowest BCUT2D eigenvalue weighted by Crippen LogP contribution is -2.36. The van der Waals surface area contributed by atoms with Gasteiger partial charge in [-0.25, -0.2) is 0 Å². The first kappa shape index (κ1) is 24.8. The van der Waals surface area contributed by atoms with Crippen molar-refractivity contribution in [2.75, 3.05) is 6.54 Å². The Hall–Kier alpha value is -2.34. The Morgan fingerprint density at radius 1 is 0.765 bits per heavy atom. The smallest absolute Gasteiger partial charge is 0.251 e. The molecule has 0 saturated carbocycles. The summed E-state index contributed by atoms with van der Waals surface area (Å²) in [6.45, 7) is 0.358. The lowest BCUT2D eigenvalue weighted by atomic mass is 9.67. The lowest BCUT2D eigenvalue weighted by molar-refractivity contribution is 0.0956. The Labute approximate surface area is 224 Å². The van der Waals surface area contributed by atoms with Gasteiger partial charge in [-0.3, -0.25) is 4.79 Å². The first-order valence-corrected chi connectivity index (χ1v) is 13.2. The molecule has 0 unspecified atom stereocenters. The van der Waals surface area contributed by atoms with Gasteiger partial charge in [-0.2, -0.15) is 0 Å². The first-order chi connectivity index (χ1) is 16.5. The van der Waals surface area contributed by atoms with Crippen molar-refractivity contribution >= 4 is 51.7 Å². The molecule has 0 heterocycles. The van der Waals surface area contributed by atoms with Gasteiger partial charge < -0.3 is 5.32 Å². The van der Waals surface area contributed by atoms with Crippen LogP contribution < -0.4 is 5.32 Å². The van der Waals surface area contributed by atoms with Crippen molar-refractivity contribution in [3.05, 3.63) is 147 Å². The van der Waals surface area contributed by atoms with Crippen LogP contribution in [0, 0.1) is 6.42 Å². The van der Waals surface area contributed by atoms with Crippen molar-refractivity contribution in [1.29, 1.82) is 0 Å². The average Bonchev–Trinajstić information content (AvgIpc) is 2.89. The van der Waals surface area contributed by atoms with Crippen LogP contribution in [0.1, 0.15) is 32.6 Å². The maximum atomic E-state index is 12.9. The second-order valence-corrected chi connectivity index (χ2v) is 9.49. The van der Waals surface area contributed by atoms with Crippen molar-refractivity contribution in [3.63, 3.8) is 0 Å². The van der Waals surface area contributed by atoms with E-state index in [9.17, 15) is 4.79 Å². The summed E-state index contributed by atoms with van der Waals surface area (Å²) in [6.07, 6.45) is 2.17. The fourth-order valence-electron chi connectivity index (χ4n) is 4.15. The van der Waals surface area contributed by atoms with Crippen molar-refractivity contribution in [2.24, 2.45) is 0 Å². The molecule has 0 aliphatic carbocycles. The standard InChI is InChI=1S/C29H23Cl2INO/c30-26-16-13-22(19-27(26)31)28(34)33-18-17-29(23-7-3-1-4-8-23,24-9-5-2-6-10-24)25-14-11-21(20-32)12-15-25/h1-17,19H,18,20H2,(H,33,34). The van der Waals surface area contributed by atoms with Crippen molar-refractivity contribution in [1.82, 2.24) is 5.32 Å². The molecule has 1 radical (unpaired) electrons. The summed E-state index contributed by atoms with van der Waals surface area (Å²) < 4.78 is 0.950. The second-order valence-electron chi connectivity index (χ2n) is 7.91. The van der Waals surface area contributed by atoms with Gasteiger partial charge in [-0.15, -0.1) is 0 Å². The molecular weight excluding hydrogens is 576 g/mol. The number of carbonyl (C=O) groups excluding carboxylic acids is 1. The summed E-state index contributed by atoms with van der Waals surface area (Å²) >= 11 is 14.5. The number of amides is 1. The Morgan fingerprint density at radius 2 is 1.32 bits per heavy atom. The van der Waals surface area contributed by atoms with E-state index in [-0.39, 0.29) is 5.91 Å². The predicted molar refractivity (Wildman–Crippen MR) is 150 cm³/mol. The van der Waals surface area contributed by atoms with Gasteiger partial charge in [0.05, 0.1) is 10.0 Å². The third-order valence-corrected chi connectivity index (χ3v) is 7.49. The number of hydrogen-bond acceptors (Lipinski definition) is 1. The van der Waals surface area contributed by atoms with Crippen LogP contribution in [-0.4, -0.2) is 12.5 Å². The normalized spacial score (nSPS) is 11.3. The molecule has 1 N–H and O–H groups in total. The van der Waals surface area contributed by atoms with Crippen LogP contribution >= 0.6 is 45.8 Å². The van der Waals surface area contributed by atoms with Crippen LogP contribution in [0.5, 0.6) is 0 Å². The van der Waals surface area contributed by atoms with E-state index < -0.39 is 5.41 Å². The zero-order valence-electron chi connectivity index (χ0n) is 18.3. The molecule has 0 bridgehead atoms. The molecule has 0 atom stereocenters. The highest BCUT2D eigenvalue weighted by Crippen LogP contribution is 2.41. The number of nitrogens with one attached hydrogen (secondary N) is 1. The minimum absolute atomic E-state index is 0.204. The lowest BCUT2D eigenvalue weighted by Gasteiger charge is -2.36. The number of halogens is 3. The molecule has 4 aromatic rings. The summed E-state index contributed by atoms with van der Waals surface area (Å²) in [6, 6.07) is 34.4. The molecule has 34 heavy (non-hydrogen) atoms. The summed E-state index contributed by atoms with van der Waals surface area (Å²) in [5, 5.41) is 3.82. The third-order valence-electron chi connectivity index (χ3n) is 5.87. The second kappa shape index (κ2) is 11.4. The molecule has 171 valence electrons. The number of benzene rings is 4. The molecule has 0 aliphatic rings. The number of rotatable bonds is 8. The monoisotopic (exact) mass is 598 g/mol. The molecule has 1 amide bonds. The minimum Gasteiger partial charge on any atom is -0.352 e. The highest BCUT2D eigenvalue weighted by molar-refractivity contribution is 14.1. The summed E-state index contributed by atoms with van der Waals surface area (Å²) in [5.74, 6) is -0.204. The molecule has 0 fully saturated rings. The van der Waals surface area contributed by atoms with Gasteiger partial charge in [0.25, 0.3) is 5.91 Å². The van der Waals surface area contributed by atoms with E-state index in [1.165, 1.54) is 5.56 Å². The zero-order chi connectivity index (χ0) is 24.0. The SMILES string of the molecule is O=C(NC[CH]C(c1ccccc1)(c1ccccc1)c1ccc(CI)cc1)c1ccc(Cl)c(Cl)c1. The quantitative estimate of drug-likeness (QED) is 0.125. The fourth-order valence-corrected chi connectivity index (χ4v) is 4.96. The van der Waals surface area contributed by atoms with Crippen molar-refractivity contribution < 1.29 is 4.79 Å². The van der Waals surface area contributed by atoms with E-state index in [4.69, 9.17) is 23.2 Å². The molecule has 2 nitrogen and oxygen atoms in total. The Kier molecular flexibility index (Phi) is 8.30. The summed E-state index contributed by atoms with van der Waals surface area (Å²) in [4.78, 5) is 12.9. The van der Waals surface area contributed by atoms with Crippen LogP contribution in [0.4, 0.5) is 0 Å². The van der Waals surface area contributed by atoms with Crippen LogP contribution in [-0.2, 0) is 9.84 Å². The maximum Gasteiger partial charge on any atom is 0.251 e. The molecule has 4 aromatic carbocycles. The van der Waals surface area contributed by atoms with Gasteiger partial charge in [0.2, 0.25) is 0 Å². The maximum absolute atomic E-state index is 12.9. The Morgan fingerprint density at radius 3 is 1.85 bits per heavy atom. The van der Waals surface area contributed by atoms with Crippen molar-refractivity contribution in [3.8, 4) is 0 Å². The van der Waals surface area contributed by atoms with E-state index in [1.54, 1.807) is 18.2 Å². The number of alkyl halides is 1. The largest absolute Gasteiger partial charge is 0.352 e. The van der Waals surface area contributed by atoms with E-state index in [2.05, 4.69) is 82.9 Å². The molecule has 0 spiro atoms. The number of hydrogen-bond donors (Lipinski definition) is 1. The van der Waals surface area contributed by atoms with Gasteiger partial charge in [0.15, 0.2) is 0 Å². The molecule has 4 rings (SSSR count). The van der Waals surface area contributed by atoms with Crippen LogP contribution in [0.2, 0.25) is 10.0 Å². The number of carbonyl (C=O) groups is 1. The summed E-state index contributed by atoms with van der Waals surface area (Å²) in [7, 11) is 0. The molecular formula is C29H23Cl2INO. The van der Waals surface area contributed by atoms with E-state index in [0.717, 1.165) is 21.1 Å². The Bertz CT molecular complexity index is 1200. The first-order valence-electron chi connectivity index (χ1n) is 10.9. The molecule has 0 aliphatic heterocycles. The van der Waals surface area contributed by atoms with E-state index in [0.29, 0.717) is 22.2 Å². The van der Waals surface area contributed by atoms with Gasteiger partial charge >= 0.3 is 0 Å². The highest BCUT2D eigenvalue weighted by Gasteiger charge is 2.36. The highest BCUT2D eigenvalue weighted by atomic mass is 127. The van der Waals surface area contributed by atoms with Gasteiger partial charge in [-0.05, 0) is 40.5 Å². The van der Waals surface area contributed by atoms with Crippen molar-refractivity contribution in [2.45, 2.75) is 9.84 Å². The van der Waals surface area contributed by atoms with Gasteiger partial charge in [0.1, 0.15) is 0 Å². The minimum atomic E-state index is -0.544. The Balaban J connectivity index is 1.72. The summed E-state index contributed by atoms with van der Waals surface area (Å²) in [5.41, 5.74) is 4.60. The van der Waals surface area contributed by atoms with Gasteiger partial charge in [0, 0.05) is 28.4 Å². The van der Waals surface area contributed by atoms with Gasteiger partial charge in [-0.1, -0.05) is 131 Å². The molecule has 5 heteroatoms. The fraction of sp³-hybridized carbons (Fsp3) is 0.103. The van der Waals surface area contributed by atoms with Crippen LogP contribution in [0.25, 0.3) is 0 Å².